The highest BCUT2D eigenvalue weighted by Crippen LogP contribution is 2.24. The van der Waals surface area contributed by atoms with Crippen LogP contribution in [0.3, 0.4) is 0 Å². The zero-order valence-electron chi connectivity index (χ0n) is 12.6. The van der Waals surface area contributed by atoms with Crippen molar-refractivity contribution in [2.24, 2.45) is 0 Å². The van der Waals surface area contributed by atoms with E-state index < -0.39 is 0 Å². The molecule has 1 heterocycles. The summed E-state index contributed by atoms with van der Waals surface area (Å²) in [7, 11) is 0. The fraction of sp³-hybridized carbons (Fsp3) is 0.357. The third kappa shape index (κ3) is 3.72. The van der Waals surface area contributed by atoms with Crippen molar-refractivity contribution in [3.63, 3.8) is 0 Å². The highest BCUT2D eigenvalue weighted by Gasteiger charge is 2.19. The highest BCUT2D eigenvalue weighted by molar-refractivity contribution is 8.00. The van der Waals surface area contributed by atoms with Gasteiger partial charge in [-0.15, -0.1) is 10.2 Å². The van der Waals surface area contributed by atoms with E-state index >= 15 is 0 Å². The lowest BCUT2D eigenvalue weighted by molar-refractivity contribution is -0.115. The van der Waals surface area contributed by atoms with Gasteiger partial charge in [0.15, 0.2) is 5.82 Å². The number of nitrogen functional groups attached to an aromatic ring is 1. The molecule has 2 aromatic rings. The van der Waals surface area contributed by atoms with E-state index in [0.29, 0.717) is 28.1 Å². The van der Waals surface area contributed by atoms with E-state index in [-0.39, 0.29) is 11.2 Å². The number of nitrogens with two attached hydrogens (primary N) is 1. The number of carbonyl (C=O) groups is 1. The van der Waals surface area contributed by atoms with Crippen molar-refractivity contribution < 1.29 is 4.79 Å². The van der Waals surface area contributed by atoms with Crippen LogP contribution in [0.25, 0.3) is 0 Å². The van der Waals surface area contributed by atoms with Crippen LogP contribution in [-0.4, -0.2) is 26.0 Å². The van der Waals surface area contributed by atoms with Crippen LogP contribution in [0.15, 0.2) is 23.4 Å². The van der Waals surface area contributed by atoms with Gasteiger partial charge in [0.05, 0.1) is 5.25 Å². The van der Waals surface area contributed by atoms with Crippen molar-refractivity contribution >= 4 is 35.0 Å². The average molecular weight is 340 g/mol. The van der Waals surface area contributed by atoms with Gasteiger partial charge in [-0.05, 0) is 31.5 Å². The summed E-state index contributed by atoms with van der Waals surface area (Å²) >= 11 is 7.31. The molecular weight excluding hydrogens is 322 g/mol. The number of thioether (sulfide) groups is 1. The number of anilines is 1. The summed E-state index contributed by atoms with van der Waals surface area (Å²) in [6.07, 6.45) is 0.687. The molecule has 0 saturated heterocycles. The number of amides is 1. The van der Waals surface area contributed by atoms with Gasteiger partial charge in [-0.3, -0.25) is 4.79 Å². The Balaban J connectivity index is 2.02. The summed E-state index contributed by atoms with van der Waals surface area (Å²) in [6, 6.07) is 5.41. The van der Waals surface area contributed by atoms with Gasteiger partial charge in [-0.25, -0.2) is 4.68 Å². The maximum Gasteiger partial charge on any atom is 0.237 e. The number of hydrogen-bond donors (Lipinski definition) is 2. The first kappa shape index (κ1) is 16.6. The Morgan fingerprint density at radius 3 is 2.82 bits per heavy atom. The molecular formula is C14H18ClN5OS. The van der Waals surface area contributed by atoms with Gasteiger partial charge in [0.1, 0.15) is 0 Å². The number of hydrogen-bond acceptors (Lipinski definition) is 5. The van der Waals surface area contributed by atoms with Crippen LogP contribution in [0.2, 0.25) is 5.02 Å². The fourth-order valence-corrected chi connectivity index (χ4v) is 2.72. The van der Waals surface area contributed by atoms with Crippen LogP contribution >= 0.6 is 23.4 Å². The number of nitrogens with zero attached hydrogens (tertiary/aromatic N) is 3. The Kier molecular flexibility index (Phi) is 5.31. The molecule has 0 aliphatic carbocycles. The van der Waals surface area contributed by atoms with Gasteiger partial charge in [0.2, 0.25) is 11.1 Å². The summed E-state index contributed by atoms with van der Waals surface area (Å²) in [6.45, 7) is 5.64. The molecule has 0 bridgehead atoms. The molecule has 6 nitrogen and oxygen atoms in total. The Morgan fingerprint density at radius 1 is 1.50 bits per heavy atom. The van der Waals surface area contributed by atoms with E-state index in [4.69, 9.17) is 17.4 Å². The van der Waals surface area contributed by atoms with E-state index in [2.05, 4.69) is 15.5 Å². The average Bonchev–Trinajstić information content (AvgIpc) is 2.83. The number of halogens is 1. The maximum atomic E-state index is 12.2. The minimum absolute atomic E-state index is 0.147. The van der Waals surface area contributed by atoms with E-state index in [0.717, 1.165) is 5.56 Å². The summed E-state index contributed by atoms with van der Waals surface area (Å²) in [5.41, 5.74) is 1.63. The van der Waals surface area contributed by atoms with Crippen LogP contribution in [0, 0.1) is 6.92 Å². The molecule has 3 N–H and O–H groups in total. The van der Waals surface area contributed by atoms with Crippen LogP contribution in [-0.2, 0) is 11.2 Å². The first-order valence-corrected chi connectivity index (χ1v) is 8.11. The molecule has 22 heavy (non-hydrogen) atoms. The SMILES string of the molecule is CCc1nnc(SC(C)C(=O)Nc2ccc(C)c(Cl)c2)n1N. The Bertz CT molecular complexity index is 688. The van der Waals surface area contributed by atoms with E-state index in [9.17, 15) is 4.79 Å². The lowest BCUT2D eigenvalue weighted by atomic mass is 10.2. The summed E-state index contributed by atoms with van der Waals surface area (Å²) in [5.74, 6) is 6.41. The standard InChI is InChI=1S/C14H18ClN5OS/c1-4-12-18-19-14(20(12)16)22-9(3)13(21)17-10-6-5-8(2)11(15)7-10/h5-7,9H,4,16H2,1-3H3,(H,17,21). The van der Waals surface area contributed by atoms with Gasteiger partial charge in [0.25, 0.3) is 0 Å². The third-order valence-corrected chi connectivity index (χ3v) is 4.61. The van der Waals surface area contributed by atoms with Crippen LogP contribution in [0.1, 0.15) is 25.2 Å². The van der Waals surface area contributed by atoms with E-state index in [1.165, 1.54) is 16.4 Å². The Morgan fingerprint density at radius 2 is 2.23 bits per heavy atom. The molecule has 2 rings (SSSR count). The molecule has 1 amide bonds. The largest absolute Gasteiger partial charge is 0.336 e. The highest BCUT2D eigenvalue weighted by atomic mass is 35.5. The molecule has 1 atom stereocenters. The normalized spacial score (nSPS) is 12.2. The quantitative estimate of drug-likeness (QED) is 0.646. The molecule has 8 heteroatoms. The second-order valence-corrected chi connectivity index (χ2v) is 6.55. The van der Waals surface area contributed by atoms with Gasteiger partial charge in [0, 0.05) is 17.1 Å². The minimum Gasteiger partial charge on any atom is -0.336 e. The van der Waals surface area contributed by atoms with Crippen molar-refractivity contribution in [2.45, 2.75) is 37.6 Å². The smallest absolute Gasteiger partial charge is 0.237 e. The van der Waals surface area contributed by atoms with Gasteiger partial charge < -0.3 is 11.2 Å². The number of benzene rings is 1. The molecule has 0 aliphatic heterocycles. The maximum absolute atomic E-state index is 12.2. The van der Waals surface area contributed by atoms with Crippen LogP contribution in [0.4, 0.5) is 5.69 Å². The van der Waals surface area contributed by atoms with E-state index in [1.54, 1.807) is 13.0 Å². The van der Waals surface area contributed by atoms with Crippen molar-refractivity contribution in [1.82, 2.24) is 14.9 Å². The number of aromatic nitrogens is 3. The fourth-order valence-electron chi connectivity index (χ4n) is 1.75. The topological polar surface area (TPSA) is 85.8 Å². The lowest BCUT2D eigenvalue weighted by Gasteiger charge is -2.12. The van der Waals surface area contributed by atoms with Crippen molar-refractivity contribution in [1.29, 1.82) is 0 Å². The van der Waals surface area contributed by atoms with Crippen molar-refractivity contribution in [3.8, 4) is 0 Å². The summed E-state index contributed by atoms with van der Waals surface area (Å²) < 4.78 is 1.41. The zero-order chi connectivity index (χ0) is 16.3. The minimum atomic E-state index is -0.365. The summed E-state index contributed by atoms with van der Waals surface area (Å²) in [4.78, 5) is 12.2. The Labute approximate surface area is 138 Å². The monoisotopic (exact) mass is 339 g/mol. The van der Waals surface area contributed by atoms with Gasteiger partial charge >= 0.3 is 0 Å². The number of rotatable bonds is 5. The molecule has 118 valence electrons. The molecule has 1 aromatic carbocycles. The zero-order valence-corrected chi connectivity index (χ0v) is 14.2. The predicted octanol–water partition coefficient (Wildman–Crippen LogP) is 2.64. The molecule has 0 aliphatic rings. The molecule has 1 unspecified atom stereocenters. The van der Waals surface area contributed by atoms with Crippen molar-refractivity contribution in [2.75, 3.05) is 11.2 Å². The molecule has 0 spiro atoms. The second kappa shape index (κ2) is 7.02. The summed E-state index contributed by atoms with van der Waals surface area (Å²) in [5, 5.41) is 11.6. The molecule has 0 radical (unpaired) electrons. The van der Waals surface area contributed by atoms with Gasteiger partial charge in [-0.2, -0.15) is 0 Å². The number of nitrogens with one attached hydrogen (secondary N) is 1. The molecule has 1 aromatic heterocycles. The van der Waals surface area contributed by atoms with Crippen molar-refractivity contribution in [3.05, 3.63) is 34.6 Å². The molecule has 0 saturated carbocycles. The first-order chi connectivity index (χ1) is 10.4. The van der Waals surface area contributed by atoms with Crippen LogP contribution in [0.5, 0.6) is 0 Å². The number of aryl methyl sites for hydroxylation is 2. The van der Waals surface area contributed by atoms with Gasteiger partial charge in [-0.1, -0.05) is 36.4 Å². The van der Waals surface area contributed by atoms with E-state index in [1.807, 2.05) is 26.0 Å². The van der Waals surface area contributed by atoms with Crippen LogP contribution < -0.4 is 11.2 Å². The first-order valence-electron chi connectivity index (χ1n) is 6.85. The Hall–Kier alpha value is -1.73. The second-order valence-electron chi connectivity index (χ2n) is 4.84. The number of carbonyl (C=O) groups excluding carboxylic acids is 1. The molecule has 0 fully saturated rings. The third-order valence-electron chi connectivity index (χ3n) is 3.14. The lowest BCUT2D eigenvalue weighted by Crippen LogP contribution is -2.23. The predicted molar refractivity (Wildman–Crippen MR) is 89.7 cm³/mol.